The lowest BCUT2D eigenvalue weighted by atomic mass is 10.3. The Morgan fingerprint density at radius 3 is 2.78 bits per heavy atom. The van der Waals surface area contributed by atoms with E-state index in [-0.39, 0.29) is 11.3 Å². The van der Waals surface area contributed by atoms with E-state index in [1.807, 2.05) is 0 Å². The SMILES string of the molecule is Cc1c(C(=O)O)nnn1CCn1ccccc1=O. The predicted octanol–water partition coefficient (Wildman–Crippen LogP) is 0.147. The summed E-state index contributed by atoms with van der Waals surface area (Å²) in [7, 11) is 0. The van der Waals surface area contributed by atoms with Crippen molar-refractivity contribution in [2.75, 3.05) is 0 Å². The van der Waals surface area contributed by atoms with Gasteiger partial charge in [-0.05, 0) is 13.0 Å². The summed E-state index contributed by atoms with van der Waals surface area (Å²) < 4.78 is 3.00. The molecule has 94 valence electrons. The van der Waals surface area contributed by atoms with Crippen LogP contribution in [0.2, 0.25) is 0 Å². The van der Waals surface area contributed by atoms with Crippen molar-refractivity contribution in [2.24, 2.45) is 0 Å². The van der Waals surface area contributed by atoms with E-state index in [0.29, 0.717) is 18.8 Å². The summed E-state index contributed by atoms with van der Waals surface area (Å²) in [4.78, 5) is 22.3. The molecule has 2 aromatic rings. The smallest absolute Gasteiger partial charge is 0.358 e. The van der Waals surface area contributed by atoms with E-state index in [4.69, 9.17) is 5.11 Å². The Hall–Kier alpha value is -2.44. The lowest BCUT2D eigenvalue weighted by molar-refractivity contribution is 0.0689. The van der Waals surface area contributed by atoms with Crippen molar-refractivity contribution in [1.29, 1.82) is 0 Å². The van der Waals surface area contributed by atoms with Crippen molar-refractivity contribution < 1.29 is 9.90 Å². The van der Waals surface area contributed by atoms with Gasteiger partial charge in [0.1, 0.15) is 0 Å². The van der Waals surface area contributed by atoms with Gasteiger partial charge < -0.3 is 9.67 Å². The highest BCUT2D eigenvalue weighted by Gasteiger charge is 2.14. The summed E-state index contributed by atoms with van der Waals surface area (Å²) in [6.45, 7) is 2.45. The molecule has 7 heteroatoms. The molecule has 0 aliphatic carbocycles. The van der Waals surface area contributed by atoms with Crippen LogP contribution in [0, 0.1) is 6.92 Å². The van der Waals surface area contributed by atoms with Crippen molar-refractivity contribution in [2.45, 2.75) is 20.0 Å². The van der Waals surface area contributed by atoms with Gasteiger partial charge in [0.25, 0.3) is 5.56 Å². The van der Waals surface area contributed by atoms with Crippen LogP contribution >= 0.6 is 0 Å². The molecular weight excluding hydrogens is 236 g/mol. The van der Waals surface area contributed by atoms with Crippen LogP contribution in [0.4, 0.5) is 0 Å². The van der Waals surface area contributed by atoms with E-state index in [0.717, 1.165) is 0 Å². The summed E-state index contributed by atoms with van der Waals surface area (Å²) in [5, 5.41) is 16.2. The molecule has 7 nitrogen and oxygen atoms in total. The zero-order valence-electron chi connectivity index (χ0n) is 9.78. The molecule has 0 unspecified atom stereocenters. The number of hydrogen-bond donors (Lipinski definition) is 1. The Labute approximate surface area is 102 Å². The van der Waals surface area contributed by atoms with Gasteiger partial charge in [-0.2, -0.15) is 0 Å². The first-order chi connectivity index (χ1) is 8.59. The molecule has 0 saturated heterocycles. The number of carbonyl (C=O) groups is 1. The molecule has 2 heterocycles. The first-order valence-electron chi connectivity index (χ1n) is 5.38. The number of hydrogen-bond acceptors (Lipinski definition) is 4. The van der Waals surface area contributed by atoms with Gasteiger partial charge in [-0.15, -0.1) is 5.10 Å². The highest BCUT2D eigenvalue weighted by Crippen LogP contribution is 2.03. The molecule has 0 aromatic carbocycles. The molecule has 0 spiro atoms. The fourth-order valence-electron chi connectivity index (χ4n) is 1.62. The topological polar surface area (TPSA) is 90.0 Å². The largest absolute Gasteiger partial charge is 0.476 e. The van der Waals surface area contributed by atoms with Crippen LogP contribution in [0.1, 0.15) is 16.2 Å². The lowest BCUT2D eigenvalue weighted by Crippen LogP contribution is -2.21. The van der Waals surface area contributed by atoms with Crippen LogP contribution in [0.5, 0.6) is 0 Å². The molecule has 2 aromatic heterocycles. The predicted molar refractivity (Wildman–Crippen MR) is 62.4 cm³/mol. The van der Waals surface area contributed by atoms with Crippen LogP contribution in [-0.4, -0.2) is 30.6 Å². The van der Waals surface area contributed by atoms with Gasteiger partial charge >= 0.3 is 5.97 Å². The van der Waals surface area contributed by atoms with Gasteiger partial charge in [0.15, 0.2) is 5.69 Å². The monoisotopic (exact) mass is 248 g/mol. The van der Waals surface area contributed by atoms with E-state index >= 15 is 0 Å². The molecule has 0 atom stereocenters. The van der Waals surface area contributed by atoms with Crippen LogP contribution in [0.3, 0.4) is 0 Å². The van der Waals surface area contributed by atoms with Gasteiger partial charge in [0, 0.05) is 18.8 Å². The van der Waals surface area contributed by atoms with Gasteiger partial charge in [0.2, 0.25) is 0 Å². The number of carboxylic acids is 1. The molecule has 0 radical (unpaired) electrons. The van der Waals surface area contributed by atoms with Crippen molar-refractivity contribution in [3.8, 4) is 0 Å². The third-order valence-corrected chi connectivity index (χ3v) is 2.64. The fraction of sp³-hybridized carbons (Fsp3) is 0.273. The number of carboxylic acid groups (broad SMARTS) is 1. The van der Waals surface area contributed by atoms with Crippen LogP contribution in [0.25, 0.3) is 0 Å². The normalized spacial score (nSPS) is 10.5. The van der Waals surface area contributed by atoms with E-state index in [1.165, 1.54) is 15.3 Å². The third-order valence-electron chi connectivity index (χ3n) is 2.64. The zero-order chi connectivity index (χ0) is 13.1. The number of aromatic carboxylic acids is 1. The van der Waals surface area contributed by atoms with Gasteiger partial charge in [0.05, 0.1) is 12.2 Å². The average molecular weight is 248 g/mol. The standard InChI is InChI=1S/C11H12N4O3/c1-8-10(11(17)18)12-13-15(8)7-6-14-5-3-2-4-9(14)16/h2-5H,6-7H2,1H3,(H,17,18). The summed E-state index contributed by atoms with van der Waals surface area (Å²) in [6.07, 6.45) is 1.67. The lowest BCUT2D eigenvalue weighted by Gasteiger charge is -2.05. The highest BCUT2D eigenvalue weighted by atomic mass is 16.4. The van der Waals surface area contributed by atoms with Crippen molar-refractivity contribution in [3.05, 3.63) is 46.1 Å². The molecule has 0 bridgehead atoms. The number of aryl methyl sites for hydroxylation is 2. The maximum Gasteiger partial charge on any atom is 0.358 e. The quantitative estimate of drug-likeness (QED) is 0.831. The Morgan fingerprint density at radius 2 is 2.17 bits per heavy atom. The van der Waals surface area contributed by atoms with E-state index in [2.05, 4.69) is 10.3 Å². The molecule has 18 heavy (non-hydrogen) atoms. The second-order valence-electron chi connectivity index (χ2n) is 3.78. The third kappa shape index (κ3) is 2.29. The highest BCUT2D eigenvalue weighted by molar-refractivity contribution is 5.86. The Bertz CT molecular complexity index is 629. The molecule has 0 saturated carbocycles. The average Bonchev–Trinajstić information content (AvgIpc) is 2.70. The molecule has 0 amide bonds. The maximum absolute atomic E-state index is 11.5. The summed E-state index contributed by atoms with van der Waals surface area (Å²) in [6, 6.07) is 4.90. The summed E-state index contributed by atoms with van der Waals surface area (Å²) in [5.74, 6) is -1.10. The van der Waals surface area contributed by atoms with Crippen LogP contribution in [0.15, 0.2) is 29.2 Å². The Balaban J connectivity index is 2.14. The Morgan fingerprint density at radius 1 is 1.39 bits per heavy atom. The fourth-order valence-corrected chi connectivity index (χ4v) is 1.62. The van der Waals surface area contributed by atoms with Gasteiger partial charge in [-0.3, -0.25) is 4.79 Å². The maximum atomic E-state index is 11.5. The number of nitrogens with zero attached hydrogens (tertiary/aromatic N) is 4. The molecule has 0 aliphatic heterocycles. The van der Waals surface area contributed by atoms with Crippen molar-refractivity contribution in [3.63, 3.8) is 0 Å². The van der Waals surface area contributed by atoms with Crippen molar-refractivity contribution in [1.82, 2.24) is 19.6 Å². The molecule has 1 N–H and O–H groups in total. The minimum Gasteiger partial charge on any atom is -0.476 e. The van der Waals surface area contributed by atoms with Crippen molar-refractivity contribution >= 4 is 5.97 Å². The van der Waals surface area contributed by atoms with Crippen LogP contribution in [-0.2, 0) is 13.1 Å². The van der Waals surface area contributed by atoms with E-state index < -0.39 is 5.97 Å². The molecular formula is C11H12N4O3. The second-order valence-corrected chi connectivity index (χ2v) is 3.78. The number of aromatic nitrogens is 4. The zero-order valence-corrected chi connectivity index (χ0v) is 9.78. The van der Waals surface area contributed by atoms with Gasteiger partial charge in [-0.1, -0.05) is 11.3 Å². The second kappa shape index (κ2) is 4.82. The van der Waals surface area contributed by atoms with E-state index in [1.54, 1.807) is 25.3 Å². The number of pyridine rings is 1. The Kier molecular flexibility index (Phi) is 3.22. The van der Waals surface area contributed by atoms with E-state index in [9.17, 15) is 9.59 Å². The first kappa shape index (κ1) is 12.0. The molecule has 0 fully saturated rings. The van der Waals surface area contributed by atoms with Gasteiger partial charge in [-0.25, -0.2) is 9.48 Å². The number of rotatable bonds is 4. The molecule has 0 aliphatic rings. The molecule has 2 rings (SSSR count). The van der Waals surface area contributed by atoms with Crippen LogP contribution < -0.4 is 5.56 Å². The minimum absolute atomic E-state index is 0.0598. The first-order valence-corrected chi connectivity index (χ1v) is 5.38. The summed E-state index contributed by atoms with van der Waals surface area (Å²) in [5.41, 5.74) is 0.315. The summed E-state index contributed by atoms with van der Waals surface area (Å²) >= 11 is 0. The minimum atomic E-state index is -1.10.